The van der Waals surface area contributed by atoms with E-state index in [1.807, 2.05) is 24.3 Å². The lowest BCUT2D eigenvalue weighted by Gasteiger charge is -2.12. The van der Waals surface area contributed by atoms with E-state index in [0.717, 1.165) is 14.9 Å². The summed E-state index contributed by atoms with van der Waals surface area (Å²) in [5.74, 6) is 1.33. The van der Waals surface area contributed by atoms with Crippen LogP contribution in [0.15, 0.2) is 28.7 Å². The third kappa shape index (κ3) is 3.47. The molecular weight excluding hydrogens is 364 g/mol. The summed E-state index contributed by atoms with van der Waals surface area (Å²) < 4.78 is 11.9. The summed E-state index contributed by atoms with van der Waals surface area (Å²) in [6, 6.07) is 7.46. The number of rotatable bonds is 5. The van der Waals surface area contributed by atoms with Crippen molar-refractivity contribution in [1.29, 1.82) is 0 Å². The molecule has 2 aromatic rings. The van der Waals surface area contributed by atoms with Gasteiger partial charge in [-0.1, -0.05) is 17.7 Å². The number of aliphatic hydroxyl groups is 1. The molecule has 1 heterocycles. The molecule has 108 valence electrons. The van der Waals surface area contributed by atoms with E-state index in [1.54, 1.807) is 14.2 Å². The molecule has 20 heavy (non-hydrogen) atoms. The number of hydrogen-bond acceptors (Lipinski definition) is 4. The van der Waals surface area contributed by atoms with Crippen LogP contribution in [0.25, 0.3) is 0 Å². The maximum Gasteiger partial charge on any atom is 0.160 e. The molecule has 0 aliphatic rings. The van der Waals surface area contributed by atoms with Crippen LogP contribution >= 0.6 is 38.9 Å². The fourth-order valence-corrected chi connectivity index (χ4v) is 3.58. The first-order valence-electron chi connectivity index (χ1n) is 5.89. The van der Waals surface area contributed by atoms with Crippen LogP contribution in [-0.2, 0) is 6.42 Å². The zero-order valence-corrected chi connectivity index (χ0v) is 14.2. The number of methoxy groups -OCH3 is 2. The van der Waals surface area contributed by atoms with Crippen LogP contribution < -0.4 is 9.47 Å². The van der Waals surface area contributed by atoms with Crippen molar-refractivity contribution in [2.45, 2.75) is 12.5 Å². The Kier molecular flexibility index (Phi) is 5.32. The Balaban J connectivity index is 2.17. The molecular formula is C14H14BrClO3S. The van der Waals surface area contributed by atoms with E-state index in [1.165, 1.54) is 11.3 Å². The first-order valence-corrected chi connectivity index (χ1v) is 7.87. The lowest BCUT2D eigenvalue weighted by atomic mass is 10.1. The van der Waals surface area contributed by atoms with E-state index >= 15 is 0 Å². The van der Waals surface area contributed by atoms with E-state index in [9.17, 15) is 5.11 Å². The van der Waals surface area contributed by atoms with Crippen molar-refractivity contribution in [3.05, 3.63) is 43.5 Å². The largest absolute Gasteiger partial charge is 0.493 e. The summed E-state index contributed by atoms with van der Waals surface area (Å²) in [5, 5.41) is 10.3. The Hall–Kier alpha value is -0.750. The number of hydrogen-bond donors (Lipinski definition) is 1. The van der Waals surface area contributed by atoms with Crippen molar-refractivity contribution in [1.82, 2.24) is 0 Å². The molecule has 1 aromatic heterocycles. The first-order chi connectivity index (χ1) is 9.55. The molecule has 0 spiro atoms. The smallest absolute Gasteiger partial charge is 0.160 e. The highest BCUT2D eigenvalue weighted by atomic mass is 79.9. The minimum absolute atomic E-state index is 0.490. The van der Waals surface area contributed by atoms with Crippen LogP contribution in [0.5, 0.6) is 11.5 Å². The van der Waals surface area contributed by atoms with Gasteiger partial charge in [0.05, 0.1) is 20.3 Å². The van der Waals surface area contributed by atoms with Crippen molar-refractivity contribution in [2.24, 2.45) is 0 Å². The predicted molar refractivity (Wildman–Crippen MR) is 85.2 cm³/mol. The molecule has 0 fully saturated rings. The van der Waals surface area contributed by atoms with Crippen LogP contribution in [0.3, 0.4) is 0 Å². The van der Waals surface area contributed by atoms with Crippen LogP contribution in [0.4, 0.5) is 0 Å². The monoisotopic (exact) mass is 376 g/mol. The molecule has 1 unspecified atom stereocenters. The van der Waals surface area contributed by atoms with Gasteiger partial charge in [-0.2, -0.15) is 0 Å². The van der Waals surface area contributed by atoms with E-state index in [2.05, 4.69) is 15.9 Å². The summed E-state index contributed by atoms with van der Waals surface area (Å²) in [6.45, 7) is 0. The van der Waals surface area contributed by atoms with Crippen molar-refractivity contribution >= 4 is 38.9 Å². The molecule has 0 radical (unpaired) electrons. The third-order valence-corrected chi connectivity index (χ3v) is 5.45. The van der Waals surface area contributed by atoms with Gasteiger partial charge in [0.2, 0.25) is 0 Å². The number of ether oxygens (including phenoxy) is 2. The molecule has 0 aliphatic heterocycles. The molecule has 1 atom stereocenters. The Labute approximate surface area is 135 Å². The standard InChI is InChI=1S/C14H14BrClO3S/c1-18-11-4-3-8(6-12(11)19-2)5-10(17)13-7-9(15)14(16)20-13/h3-4,6-7,10,17H,5H2,1-2H3. The highest BCUT2D eigenvalue weighted by molar-refractivity contribution is 9.10. The average molecular weight is 378 g/mol. The maximum atomic E-state index is 10.3. The molecule has 1 N–H and O–H groups in total. The SMILES string of the molecule is COc1ccc(CC(O)c2cc(Br)c(Cl)s2)cc1OC. The van der Waals surface area contributed by atoms with E-state index in [4.69, 9.17) is 21.1 Å². The highest BCUT2D eigenvalue weighted by Crippen LogP contribution is 2.37. The van der Waals surface area contributed by atoms with Gasteiger partial charge in [-0.25, -0.2) is 0 Å². The fraction of sp³-hybridized carbons (Fsp3) is 0.286. The van der Waals surface area contributed by atoms with Gasteiger partial charge in [0.25, 0.3) is 0 Å². The molecule has 1 aromatic carbocycles. The van der Waals surface area contributed by atoms with Gasteiger partial charge in [-0.05, 0) is 39.7 Å². The van der Waals surface area contributed by atoms with Crippen molar-refractivity contribution in [2.75, 3.05) is 14.2 Å². The molecule has 0 saturated heterocycles. The Morgan fingerprint density at radius 2 is 1.95 bits per heavy atom. The maximum absolute atomic E-state index is 10.3. The molecule has 6 heteroatoms. The normalized spacial score (nSPS) is 12.2. The zero-order chi connectivity index (χ0) is 14.7. The summed E-state index contributed by atoms with van der Waals surface area (Å²) >= 11 is 10.7. The molecule has 0 aliphatic carbocycles. The van der Waals surface area contributed by atoms with Crippen LogP contribution in [-0.4, -0.2) is 19.3 Å². The fourth-order valence-electron chi connectivity index (χ4n) is 1.86. The van der Waals surface area contributed by atoms with Crippen LogP contribution in [0.1, 0.15) is 16.5 Å². The minimum Gasteiger partial charge on any atom is -0.493 e. The van der Waals surface area contributed by atoms with Crippen molar-refractivity contribution in [3.63, 3.8) is 0 Å². The number of halogens is 2. The second kappa shape index (κ2) is 6.80. The summed E-state index contributed by atoms with van der Waals surface area (Å²) in [5.41, 5.74) is 0.968. The van der Waals surface area contributed by atoms with E-state index < -0.39 is 6.10 Å². The quantitative estimate of drug-likeness (QED) is 0.836. The molecule has 0 bridgehead atoms. The van der Waals surface area contributed by atoms with Crippen molar-refractivity contribution < 1.29 is 14.6 Å². The topological polar surface area (TPSA) is 38.7 Å². The number of aliphatic hydroxyl groups excluding tert-OH is 1. The Bertz CT molecular complexity index is 581. The lowest BCUT2D eigenvalue weighted by Crippen LogP contribution is -2.00. The van der Waals surface area contributed by atoms with Gasteiger partial charge in [0.15, 0.2) is 11.5 Å². The Morgan fingerprint density at radius 3 is 2.50 bits per heavy atom. The predicted octanol–water partition coefficient (Wildman–Crippen LogP) is 4.46. The second-order valence-electron chi connectivity index (χ2n) is 4.18. The summed E-state index contributed by atoms with van der Waals surface area (Å²) in [4.78, 5) is 0.830. The average Bonchev–Trinajstić information content (AvgIpc) is 2.78. The molecule has 3 nitrogen and oxygen atoms in total. The highest BCUT2D eigenvalue weighted by Gasteiger charge is 2.15. The van der Waals surface area contributed by atoms with Gasteiger partial charge in [0, 0.05) is 15.8 Å². The Morgan fingerprint density at radius 1 is 1.25 bits per heavy atom. The van der Waals surface area contributed by atoms with Crippen molar-refractivity contribution in [3.8, 4) is 11.5 Å². The summed E-state index contributed by atoms with van der Waals surface area (Å²) in [7, 11) is 3.19. The van der Waals surface area contributed by atoms with Gasteiger partial charge in [-0.15, -0.1) is 11.3 Å². The lowest BCUT2D eigenvalue weighted by molar-refractivity contribution is 0.182. The first kappa shape index (κ1) is 15.6. The number of thiophene rings is 1. The molecule has 0 amide bonds. The van der Waals surface area contributed by atoms with E-state index in [0.29, 0.717) is 22.3 Å². The van der Waals surface area contributed by atoms with Gasteiger partial charge in [-0.3, -0.25) is 0 Å². The summed E-state index contributed by atoms with van der Waals surface area (Å²) in [6.07, 6.45) is -0.106. The third-order valence-electron chi connectivity index (χ3n) is 2.87. The minimum atomic E-state index is -0.595. The van der Waals surface area contributed by atoms with Gasteiger partial charge < -0.3 is 14.6 Å². The molecule has 0 saturated carbocycles. The molecule has 2 rings (SSSR count). The number of benzene rings is 1. The van der Waals surface area contributed by atoms with Gasteiger partial charge in [0.1, 0.15) is 4.34 Å². The van der Waals surface area contributed by atoms with Gasteiger partial charge >= 0.3 is 0 Å². The van der Waals surface area contributed by atoms with Crippen LogP contribution in [0.2, 0.25) is 4.34 Å². The van der Waals surface area contributed by atoms with E-state index in [-0.39, 0.29) is 0 Å². The second-order valence-corrected chi connectivity index (χ2v) is 6.72. The zero-order valence-electron chi connectivity index (χ0n) is 11.0. The van der Waals surface area contributed by atoms with Crippen LogP contribution in [0, 0.1) is 0 Å².